The number of pyridine rings is 1. The zero-order chi connectivity index (χ0) is 22.6. The fraction of sp³-hybridized carbons (Fsp3) is 0.296. The highest BCUT2D eigenvalue weighted by Crippen LogP contribution is 2.34. The van der Waals surface area contributed by atoms with Gasteiger partial charge in [-0.2, -0.15) is 0 Å². The first-order valence-corrected chi connectivity index (χ1v) is 11.6. The van der Waals surface area contributed by atoms with Crippen LogP contribution < -0.4 is 5.73 Å². The van der Waals surface area contributed by atoms with E-state index >= 15 is 0 Å². The van der Waals surface area contributed by atoms with Crippen molar-refractivity contribution in [3.05, 3.63) is 95.1 Å². The van der Waals surface area contributed by atoms with E-state index in [2.05, 4.69) is 63.4 Å². The molecule has 1 unspecified atom stereocenters. The number of amidine groups is 1. The topological polar surface area (TPSA) is 83.2 Å². The summed E-state index contributed by atoms with van der Waals surface area (Å²) in [5, 5.41) is 0. The molecule has 2 aromatic carbocycles. The van der Waals surface area contributed by atoms with Gasteiger partial charge in [-0.15, -0.1) is 0 Å². The average molecular weight is 439 g/mol. The summed E-state index contributed by atoms with van der Waals surface area (Å²) in [5.41, 5.74) is 12.8. The minimum absolute atomic E-state index is 0.271. The van der Waals surface area contributed by atoms with E-state index < -0.39 is 0 Å². The molecule has 1 aliphatic carbocycles. The number of H-pyrrole nitrogens is 1. The molecule has 0 spiro atoms. The van der Waals surface area contributed by atoms with Crippen LogP contribution in [0.5, 0.6) is 0 Å². The van der Waals surface area contributed by atoms with Gasteiger partial charge in [0.25, 0.3) is 0 Å². The number of nitrogens with zero attached hydrogens (tertiary/aromatic N) is 4. The third-order valence-electron chi connectivity index (χ3n) is 6.32. The SMILES string of the molecule is CC(N)=NCc1ccc(CN(Cc2nc3ccccc3[nH]2)C2CCCc3cccnc32)cc1. The van der Waals surface area contributed by atoms with E-state index in [1.807, 2.05) is 25.3 Å². The zero-order valence-electron chi connectivity index (χ0n) is 19.0. The molecule has 168 valence electrons. The van der Waals surface area contributed by atoms with Crippen LogP contribution in [0.3, 0.4) is 0 Å². The molecule has 33 heavy (non-hydrogen) atoms. The van der Waals surface area contributed by atoms with Gasteiger partial charge in [0.15, 0.2) is 0 Å². The number of aryl methyl sites for hydroxylation is 1. The molecule has 1 aliphatic rings. The minimum Gasteiger partial charge on any atom is -0.388 e. The predicted molar refractivity (Wildman–Crippen MR) is 133 cm³/mol. The number of hydrogen-bond acceptors (Lipinski definition) is 4. The van der Waals surface area contributed by atoms with Crippen molar-refractivity contribution in [2.24, 2.45) is 10.7 Å². The van der Waals surface area contributed by atoms with Crippen LogP contribution in [0.15, 0.2) is 71.9 Å². The monoisotopic (exact) mass is 438 g/mol. The summed E-state index contributed by atoms with van der Waals surface area (Å²) in [6.45, 7) is 4.01. The normalized spacial score (nSPS) is 16.3. The maximum absolute atomic E-state index is 5.69. The van der Waals surface area contributed by atoms with Gasteiger partial charge in [0.2, 0.25) is 0 Å². The standard InChI is InChI=1S/C27H30N6/c1-19(28)30-16-20-11-13-21(14-12-20)17-33(18-26-31-23-8-2-3-9-24(23)32-26)25-10-4-6-22-7-5-15-29-27(22)25/h2-3,5,7-9,11-15,25H,4,6,10,16-18H2,1H3,(H2,28,30)(H,31,32). The van der Waals surface area contributed by atoms with Crippen molar-refractivity contribution in [3.63, 3.8) is 0 Å². The fourth-order valence-corrected chi connectivity index (χ4v) is 4.69. The Morgan fingerprint density at radius 3 is 2.70 bits per heavy atom. The largest absolute Gasteiger partial charge is 0.388 e. The molecule has 2 aromatic heterocycles. The third kappa shape index (κ3) is 4.96. The van der Waals surface area contributed by atoms with Crippen LogP contribution in [0.4, 0.5) is 0 Å². The Morgan fingerprint density at radius 1 is 1.06 bits per heavy atom. The molecule has 0 bridgehead atoms. The summed E-state index contributed by atoms with van der Waals surface area (Å²) in [4.78, 5) is 20.0. The van der Waals surface area contributed by atoms with Gasteiger partial charge in [0, 0.05) is 12.7 Å². The highest BCUT2D eigenvalue weighted by atomic mass is 15.2. The van der Waals surface area contributed by atoms with Crippen LogP contribution in [0.2, 0.25) is 0 Å². The zero-order valence-corrected chi connectivity index (χ0v) is 19.0. The Bertz CT molecular complexity index is 1220. The number of aromatic nitrogens is 3. The number of aliphatic imine (C=N–C) groups is 1. The Morgan fingerprint density at radius 2 is 1.88 bits per heavy atom. The molecule has 0 radical (unpaired) electrons. The molecule has 3 N–H and O–H groups in total. The lowest BCUT2D eigenvalue weighted by molar-refractivity contribution is 0.153. The molecular weight excluding hydrogens is 408 g/mol. The fourth-order valence-electron chi connectivity index (χ4n) is 4.69. The van der Waals surface area contributed by atoms with E-state index in [4.69, 9.17) is 15.7 Å². The molecule has 2 heterocycles. The van der Waals surface area contributed by atoms with Gasteiger partial charge in [-0.1, -0.05) is 42.5 Å². The Labute approximate surface area is 194 Å². The number of hydrogen-bond donors (Lipinski definition) is 2. The summed E-state index contributed by atoms with van der Waals surface area (Å²) in [6.07, 6.45) is 5.31. The van der Waals surface area contributed by atoms with Gasteiger partial charge >= 0.3 is 0 Å². The van der Waals surface area contributed by atoms with Crippen molar-refractivity contribution < 1.29 is 0 Å². The van der Waals surface area contributed by atoms with Gasteiger partial charge in [-0.25, -0.2) is 4.98 Å². The number of nitrogens with two attached hydrogens (primary N) is 1. The van der Waals surface area contributed by atoms with Crippen LogP contribution in [-0.4, -0.2) is 25.7 Å². The van der Waals surface area contributed by atoms with Crippen LogP contribution >= 0.6 is 0 Å². The number of imidazole rings is 1. The number of aromatic amines is 1. The van der Waals surface area contributed by atoms with Gasteiger partial charge in [0.1, 0.15) is 5.82 Å². The highest BCUT2D eigenvalue weighted by molar-refractivity contribution is 5.77. The van der Waals surface area contributed by atoms with Gasteiger partial charge in [-0.3, -0.25) is 14.9 Å². The first-order chi connectivity index (χ1) is 16.2. The van der Waals surface area contributed by atoms with Crippen molar-refractivity contribution in [2.45, 2.75) is 51.9 Å². The molecule has 0 amide bonds. The molecule has 5 rings (SSSR count). The maximum atomic E-state index is 5.69. The van der Waals surface area contributed by atoms with Crippen molar-refractivity contribution in [3.8, 4) is 0 Å². The second kappa shape index (κ2) is 9.55. The van der Waals surface area contributed by atoms with Crippen molar-refractivity contribution in [1.29, 1.82) is 0 Å². The molecule has 0 aliphatic heterocycles. The van der Waals surface area contributed by atoms with Crippen molar-refractivity contribution >= 4 is 16.9 Å². The van der Waals surface area contributed by atoms with E-state index in [0.29, 0.717) is 12.4 Å². The second-order valence-electron chi connectivity index (χ2n) is 8.84. The second-order valence-corrected chi connectivity index (χ2v) is 8.84. The van der Waals surface area contributed by atoms with Gasteiger partial charge in [0.05, 0.1) is 41.7 Å². The maximum Gasteiger partial charge on any atom is 0.121 e. The number of para-hydroxylation sites is 2. The number of rotatable bonds is 7. The molecular formula is C27H30N6. The summed E-state index contributed by atoms with van der Waals surface area (Å²) in [6, 6.07) is 21.5. The van der Waals surface area contributed by atoms with E-state index in [1.54, 1.807) is 0 Å². The first-order valence-electron chi connectivity index (χ1n) is 11.6. The van der Waals surface area contributed by atoms with Gasteiger partial charge in [-0.05, 0) is 61.1 Å². The number of benzene rings is 2. The van der Waals surface area contributed by atoms with Crippen molar-refractivity contribution in [1.82, 2.24) is 19.9 Å². The highest BCUT2D eigenvalue weighted by Gasteiger charge is 2.28. The Hall–Kier alpha value is -3.51. The Kier molecular flexibility index (Phi) is 6.17. The Balaban J connectivity index is 1.43. The van der Waals surface area contributed by atoms with E-state index in [-0.39, 0.29) is 6.04 Å². The van der Waals surface area contributed by atoms with Crippen LogP contribution in [0.25, 0.3) is 11.0 Å². The van der Waals surface area contributed by atoms with Crippen LogP contribution in [0, 0.1) is 0 Å². The predicted octanol–water partition coefficient (Wildman–Crippen LogP) is 4.91. The lowest BCUT2D eigenvalue weighted by Crippen LogP contribution is -2.31. The van der Waals surface area contributed by atoms with Crippen LogP contribution in [-0.2, 0) is 26.1 Å². The van der Waals surface area contributed by atoms with E-state index in [9.17, 15) is 0 Å². The molecule has 1 atom stereocenters. The summed E-state index contributed by atoms with van der Waals surface area (Å²) in [5.74, 6) is 1.60. The van der Waals surface area contributed by atoms with Crippen LogP contribution in [0.1, 0.15) is 54.0 Å². The summed E-state index contributed by atoms with van der Waals surface area (Å²) in [7, 11) is 0. The minimum atomic E-state index is 0.271. The quantitative estimate of drug-likeness (QED) is 0.317. The van der Waals surface area contributed by atoms with E-state index in [1.165, 1.54) is 23.2 Å². The van der Waals surface area contributed by atoms with E-state index in [0.717, 1.165) is 48.4 Å². The molecule has 0 saturated heterocycles. The van der Waals surface area contributed by atoms with Crippen molar-refractivity contribution in [2.75, 3.05) is 0 Å². The lowest BCUT2D eigenvalue weighted by atomic mass is 9.90. The third-order valence-corrected chi connectivity index (χ3v) is 6.32. The summed E-state index contributed by atoms with van der Waals surface area (Å²) >= 11 is 0. The molecule has 6 nitrogen and oxygen atoms in total. The number of fused-ring (bicyclic) bond motifs is 2. The molecule has 0 saturated carbocycles. The summed E-state index contributed by atoms with van der Waals surface area (Å²) < 4.78 is 0. The van der Waals surface area contributed by atoms with Gasteiger partial charge < -0.3 is 10.7 Å². The smallest absolute Gasteiger partial charge is 0.121 e. The first kappa shape index (κ1) is 21.3. The average Bonchev–Trinajstić information content (AvgIpc) is 3.25. The molecule has 4 aromatic rings. The molecule has 0 fully saturated rings. The molecule has 6 heteroatoms. The number of nitrogens with one attached hydrogen (secondary N) is 1. The lowest BCUT2D eigenvalue weighted by Gasteiger charge is -2.34.